The molecule has 1 heterocycles. The topological polar surface area (TPSA) is 88.3 Å². The van der Waals surface area contributed by atoms with E-state index in [0.29, 0.717) is 30.3 Å². The third-order valence-electron chi connectivity index (χ3n) is 6.38. The zero-order chi connectivity index (χ0) is 26.9. The summed E-state index contributed by atoms with van der Waals surface area (Å²) in [6.45, 7) is 2.42. The number of carbonyl (C=O) groups excluding carboxylic acids is 1. The van der Waals surface area contributed by atoms with Crippen LogP contribution >= 0.6 is 11.6 Å². The number of ether oxygens (including phenoxy) is 2. The van der Waals surface area contributed by atoms with E-state index in [1.807, 2.05) is 67.6 Å². The molecule has 0 bridgehead atoms. The van der Waals surface area contributed by atoms with Crippen molar-refractivity contribution < 1.29 is 24.5 Å². The van der Waals surface area contributed by atoms with Gasteiger partial charge in [-0.05, 0) is 73.6 Å². The van der Waals surface area contributed by atoms with E-state index >= 15 is 0 Å². The van der Waals surface area contributed by atoms with Gasteiger partial charge in [0.1, 0.15) is 17.9 Å². The highest BCUT2D eigenvalue weighted by molar-refractivity contribution is 6.30. The van der Waals surface area contributed by atoms with E-state index in [1.54, 1.807) is 0 Å². The van der Waals surface area contributed by atoms with Crippen LogP contribution < -0.4 is 4.74 Å². The normalized spacial score (nSPS) is 15.6. The first-order valence-corrected chi connectivity index (χ1v) is 13.1. The van der Waals surface area contributed by atoms with Crippen LogP contribution in [0, 0.1) is 6.92 Å². The van der Waals surface area contributed by atoms with Crippen molar-refractivity contribution in [3.63, 3.8) is 0 Å². The number of aliphatic hydroxyl groups is 2. The molecule has 1 atom stereocenters. The highest BCUT2D eigenvalue weighted by atomic mass is 35.5. The number of benzene rings is 3. The summed E-state index contributed by atoms with van der Waals surface area (Å²) < 4.78 is 11.0. The number of esters is 1. The fourth-order valence-corrected chi connectivity index (χ4v) is 4.43. The highest BCUT2D eigenvalue weighted by Crippen LogP contribution is 2.25. The summed E-state index contributed by atoms with van der Waals surface area (Å²) in [6.07, 6.45) is 2.00. The highest BCUT2D eigenvalue weighted by Gasteiger charge is 2.36. The first kappa shape index (κ1) is 27.4. The standard InChI is InChI=1S/C31H32ClNO5/c1-21-5-4-7-24(17-21)18-33-27(29-30(35)28(19-34)38-31(29)36)8-3-2-6-22-11-15-26(16-12-22)37-20-23-9-13-25(32)14-10-23/h4-5,7,9-17,28,34-35H,2-3,6,8,18-20H2,1H3. The van der Waals surface area contributed by atoms with Crippen LogP contribution in [0.4, 0.5) is 0 Å². The molecular formula is C31H32ClNO5. The molecule has 3 aromatic carbocycles. The fourth-order valence-electron chi connectivity index (χ4n) is 4.30. The molecule has 0 aromatic heterocycles. The number of nitrogens with zero attached hydrogens (tertiary/aromatic N) is 1. The second-order valence-corrected chi connectivity index (χ2v) is 9.79. The summed E-state index contributed by atoms with van der Waals surface area (Å²) in [5.74, 6) is -0.0803. The predicted molar refractivity (Wildman–Crippen MR) is 149 cm³/mol. The number of cyclic esters (lactones) is 1. The molecule has 0 saturated carbocycles. The SMILES string of the molecule is Cc1cccc(CN=C(CCCCc2ccc(OCc3ccc(Cl)cc3)cc2)C2=C(O)C(CO)OC2=O)c1. The summed E-state index contributed by atoms with van der Waals surface area (Å²) in [4.78, 5) is 17.1. The van der Waals surface area contributed by atoms with Crippen LogP contribution in [0.5, 0.6) is 5.75 Å². The molecule has 0 radical (unpaired) electrons. The predicted octanol–water partition coefficient (Wildman–Crippen LogP) is 6.31. The first-order valence-electron chi connectivity index (χ1n) is 12.7. The van der Waals surface area contributed by atoms with E-state index in [-0.39, 0.29) is 11.3 Å². The summed E-state index contributed by atoms with van der Waals surface area (Å²) in [6, 6.07) is 23.6. The van der Waals surface area contributed by atoms with E-state index in [1.165, 1.54) is 5.56 Å². The van der Waals surface area contributed by atoms with Crippen molar-refractivity contribution in [1.29, 1.82) is 0 Å². The maximum Gasteiger partial charge on any atom is 0.344 e. The molecule has 0 amide bonds. The Kier molecular flexibility index (Phi) is 9.57. The minimum Gasteiger partial charge on any atom is -0.507 e. The summed E-state index contributed by atoms with van der Waals surface area (Å²) >= 11 is 5.93. The molecule has 1 aliphatic rings. The van der Waals surface area contributed by atoms with Gasteiger partial charge < -0.3 is 19.7 Å². The van der Waals surface area contributed by atoms with Crippen molar-refractivity contribution in [2.24, 2.45) is 4.99 Å². The van der Waals surface area contributed by atoms with Gasteiger partial charge in [-0.3, -0.25) is 4.99 Å². The van der Waals surface area contributed by atoms with Crippen molar-refractivity contribution in [2.75, 3.05) is 6.61 Å². The third-order valence-corrected chi connectivity index (χ3v) is 6.63. The Bertz CT molecular complexity index is 1300. The molecule has 0 saturated heterocycles. The molecule has 198 valence electrons. The van der Waals surface area contributed by atoms with Crippen molar-refractivity contribution in [1.82, 2.24) is 0 Å². The zero-order valence-electron chi connectivity index (χ0n) is 21.4. The maximum atomic E-state index is 12.5. The van der Waals surface area contributed by atoms with Gasteiger partial charge in [-0.15, -0.1) is 0 Å². The number of aryl methyl sites for hydroxylation is 2. The lowest BCUT2D eigenvalue weighted by molar-refractivity contribution is -0.141. The smallest absolute Gasteiger partial charge is 0.344 e. The van der Waals surface area contributed by atoms with Crippen LogP contribution in [-0.4, -0.2) is 34.6 Å². The maximum absolute atomic E-state index is 12.5. The number of unbranched alkanes of at least 4 members (excludes halogenated alkanes) is 1. The molecule has 1 unspecified atom stereocenters. The van der Waals surface area contributed by atoms with Crippen LogP contribution in [-0.2, 0) is 29.1 Å². The minimum atomic E-state index is -1.03. The van der Waals surface area contributed by atoms with Crippen molar-refractivity contribution >= 4 is 23.3 Å². The quantitative estimate of drug-likeness (QED) is 0.162. The molecule has 7 heteroatoms. The van der Waals surface area contributed by atoms with E-state index < -0.39 is 18.7 Å². The third kappa shape index (κ3) is 7.46. The van der Waals surface area contributed by atoms with Crippen molar-refractivity contribution in [3.05, 3.63) is 111 Å². The Morgan fingerprint density at radius 1 is 1.00 bits per heavy atom. The molecule has 2 N–H and O–H groups in total. The molecule has 0 fully saturated rings. The van der Waals surface area contributed by atoms with Gasteiger partial charge in [0.2, 0.25) is 0 Å². The Balaban J connectivity index is 1.33. The molecule has 3 aromatic rings. The van der Waals surface area contributed by atoms with E-state index in [9.17, 15) is 15.0 Å². The van der Waals surface area contributed by atoms with Gasteiger partial charge in [0.15, 0.2) is 11.9 Å². The molecule has 0 spiro atoms. The molecule has 0 aliphatic carbocycles. The Morgan fingerprint density at radius 2 is 1.74 bits per heavy atom. The fraction of sp³-hybridized carbons (Fsp3) is 0.290. The monoisotopic (exact) mass is 533 g/mol. The number of hydrogen-bond acceptors (Lipinski definition) is 6. The first-order chi connectivity index (χ1) is 18.4. The summed E-state index contributed by atoms with van der Waals surface area (Å²) in [5.41, 5.74) is 4.98. The molecular weight excluding hydrogens is 502 g/mol. The lowest BCUT2D eigenvalue weighted by Crippen LogP contribution is -2.15. The van der Waals surface area contributed by atoms with Gasteiger partial charge in [0.05, 0.1) is 18.9 Å². The van der Waals surface area contributed by atoms with E-state index in [0.717, 1.165) is 41.7 Å². The summed E-state index contributed by atoms with van der Waals surface area (Å²) in [5, 5.41) is 20.6. The van der Waals surface area contributed by atoms with E-state index in [2.05, 4.69) is 17.1 Å². The van der Waals surface area contributed by atoms with Crippen LogP contribution in [0.1, 0.15) is 41.5 Å². The van der Waals surface area contributed by atoms with Crippen LogP contribution in [0.25, 0.3) is 0 Å². The number of hydrogen-bond donors (Lipinski definition) is 2. The largest absolute Gasteiger partial charge is 0.507 e. The van der Waals surface area contributed by atoms with E-state index in [4.69, 9.17) is 21.1 Å². The van der Waals surface area contributed by atoms with Crippen molar-refractivity contribution in [3.8, 4) is 5.75 Å². The van der Waals surface area contributed by atoms with Crippen LogP contribution in [0.15, 0.2) is 89.1 Å². The number of aliphatic hydroxyl groups excluding tert-OH is 2. The number of aliphatic imine (C=N–C) groups is 1. The average molecular weight is 534 g/mol. The van der Waals surface area contributed by atoms with Gasteiger partial charge in [0, 0.05) is 5.02 Å². The van der Waals surface area contributed by atoms with Crippen LogP contribution in [0.3, 0.4) is 0 Å². The molecule has 4 rings (SSSR count). The average Bonchev–Trinajstić information content (AvgIpc) is 3.21. The van der Waals surface area contributed by atoms with Gasteiger partial charge in [-0.25, -0.2) is 4.79 Å². The van der Waals surface area contributed by atoms with Gasteiger partial charge in [-0.1, -0.05) is 65.7 Å². The van der Waals surface area contributed by atoms with Crippen LogP contribution in [0.2, 0.25) is 5.02 Å². The Labute approximate surface area is 228 Å². The van der Waals surface area contributed by atoms with Gasteiger partial charge >= 0.3 is 5.97 Å². The minimum absolute atomic E-state index is 0.0823. The molecule has 38 heavy (non-hydrogen) atoms. The number of halogens is 1. The second-order valence-electron chi connectivity index (χ2n) is 9.35. The second kappa shape index (κ2) is 13.3. The number of carbonyl (C=O) groups is 1. The van der Waals surface area contributed by atoms with Crippen molar-refractivity contribution in [2.45, 2.75) is 51.9 Å². The Hall–Kier alpha value is -3.61. The van der Waals surface area contributed by atoms with Gasteiger partial charge in [-0.2, -0.15) is 0 Å². The lowest BCUT2D eigenvalue weighted by atomic mass is 10.0. The number of rotatable bonds is 12. The Morgan fingerprint density at radius 3 is 2.42 bits per heavy atom. The molecule has 6 nitrogen and oxygen atoms in total. The summed E-state index contributed by atoms with van der Waals surface area (Å²) in [7, 11) is 0. The molecule has 1 aliphatic heterocycles. The lowest BCUT2D eigenvalue weighted by Gasteiger charge is -2.09. The zero-order valence-corrected chi connectivity index (χ0v) is 22.2. The van der Waals surface area contributed by atoms with Gasteiger partial charge in [0.25, 0.3) is 0 Å².